The third-order valence-corrected chi connectivity index (χ3v) is 6.48. The lowest BCUT2D eigenvalue weighted by Gasteiger charge is -2.07. The van der Waals surface area contributed by atoms with E-state index in [1.807, 2.05) is 11.4 Å². The molecule has 2 aromatic heterocycles. The molecule has 3 rings (SSSR count). The van der Waals surface area contributed by atoms with Crippen LogP contribution in [-0.4, -0.2) is 19.9 Å². The summed E-state index contributed by atoms with van der Waals surface area (Å²) in [6.07, 6.45) is 3.62. The molecule has 2 heterocycles. The van der Waals surface area contributed by atoms with E-state index in [1.165, 1.54) is 11.1 Å². The molecule has 1 saturated carbocycles. The first-order valence-corrected chi connectivity index (χ1v) is 10.1. The molecule has 0 spiro atoms. The molecular weight excluding hydrogens is 386 g/mol. The van der Waals surface area contributed by atoms with Crippen LogP contribution < -0.4 is 10.0 Å². The van der Waals surface area contributed by atoms with Crippen molar-refractivity contribution in [1.82, 2.24) is 9.71 Å². The Bertz CT molecular complexity index is 740. The predicted molar refractivity (Wildman–Crippen MR) is 91.5 cm³/mol. The lowest BCUT2D eigenvalue weighted by molar-refractivity contribution is 0.577. The molecule has 22 heavy (non-hydrogen) atoms. The van der Waals surface area contributed by atoms with Crippen LogP contribution in [0.1, 0.15) is 17.7 Å². The number of halogens is 1. The summed E-state index contributed by atoms with van der Waals surface area (Å²) in [5.74, 6) is 1.17. The second-order valence-corrected chi connectivity index (χ2v) is 8.94. The van der Waals surface area contributed by atoms with Gasteiger partial charge in [-0.15, -0.1) is 11.3 Å². The number of pyridine rings is 1. The molecule has 2 N–H and O–H groups in total. The zero-order chi connectivity index (χ0) is 15.6. The lowest BCUT2D eigenvalue weighted by atomic mass is 10.4. The van der Waals surface area contributed by atoms with E-state index >= 15 is 0 Å². The van der Waals surface area contributed by atoms with E-state index in [1.54, 1.807) is 23.5 Å². The van der Waals surface area contributed by atoms with Crippen LogP contribution in [0.5, 0.6) is 0 Å². The number of nitrogens with one attached hydrogen (secondary N) is 2. The maximum absolute atomic E-state index is 12.1. The fourth-order valence-electron chi connectivity index (χ4n) is 1.90. The van der Waals surface area contributed by atoms with E-state index in [0.717, 1.165) is 17.3 Å². The standard InChI is InChI=1S/C14H16BrN3O2S2/c15-11-5-12(21-9-11)7-16-14-4-3-13(8-17-14)22(19,20)18-6-10-1-2-10/h3-5,8-10,18H,1-2,6-7H2,(H,16,17). The lowest BCUT2D eigenvalue weighted by Crippen LogP contribution is -2.25. The zero-order valence-corrected chi connectivity index (χ0v) is 15.0. The van der Waals surface area contributed by atoms with E-state index in [2.05, 4.69) is 31.0 Å². The van der Waals surface area contributed by atoms with Gasteiger partial charge in [-0.2, -0.15) is 0 Å². The Kier molecular flexibility index (Phi) is 4.82. The van der Waals surface area contributed by atoms with Gasteiger partial charge in [-0.3, -0.25) is 0 Å². The number of rotatable bonds is 7. The van der Waals surface area contributed by atoms with Gasteiger partial charge in [0.2, 0.25) is 10.0 Å². The number of thiophene rings is 1. The Morgan fingerprint density at radius 2 is 2.18 bits per heavy atom. The van der Waals surface area contributed by atoms with Crippen molar-refractivity contribution in [3.63, 3.8) is 0 Å². The summed E-state index contributed by atoms with van der Waals surface area (Å²) < 4.78 is 27.9. The highest BCUT2D eigenvalue weighted by Gasteiger charge is 2.24. The quantitative estimate of drug-likeness (QED) is 0.746. The number of sulfonamides is 1. The summed E-state index contributed by atoms with van der Waals surface area (Å²) in [5.41, 5.74) is 0. The molecule has 0 saturated heterocycles. The zero-order valence-electron chi connectivity index (χ0n) is 11.8. The van der Waals surface area contributed by atoms with Crippen LogP contribution in [0.15, 0.2) is 39.1 Å². The molecule has 0 aromatic carbocycles. The largest absolute Gasteiger partial charge is 0.365 e. The van der Waals surface area contributed by atoms with Gasteiger partial charge in [-0.1, -0.05) is 0 Å². The number of hydrogen-bond donors (Lipinski definition) is 2. The monoisotopic (exact) mass is 401 g/mol. The second kappa shape index (κ2) is 6.66. The van der Waals surface area contributed by atoms with Crippen molar-refractivity contribution in [1.29, 1.82) is 0 Å². The molecule has 1 aliphatic rings. The van der Waals surface area contributed by atoms with E-state index < -0.39 is 10.0 Å². The van der Waals surface area contributed by atoms with Gasteiger partial charge in [0.25, 0.3) is 0 Å². The summed E-state index contributed by atoms with van der Waals surface area (Å²) >= 11 is 5.06. The molecule has 8 heteroatoms. The third-order valence-electron chi connectivity index (χ3n) is 3.37. The van der Waals surface area contributed by atoms with Gasteiger partial charge in [0, 0.05) is 27.5 Å². The van der Waals surface area contributed by atoms with Gasteiger partial charge in [0.1, 0.15) is 10.7 Å². The highest BCUT2D eigenvalue weighted by Crippen LogP contribution is 2.28. The second-order valence-electron chi connectivity index (χ2n) is 5.26. The molecule has 0 atom stereocenters. The van der Waals surface area contributed by atoms with Gasteiger partial charge in [0.05, 0.1) is 6.54 Å². The Hall–Kier alpha value is -0.960. The molecule has 5 nitrogen and oxygen atoms in total. The Morgan fingerprint density at radius 3 is 2.77 bits per heavy atom. The first kappa shape index (κ1) is 15.9. The Morgan fingerprint density at radius 1 is 1.36 bits per heavy atom. The van der Waals surface area contributed by atoms with E-state index in [-0.39, 0.29) is 4.90 Å². The average molecular weight is 402 g/mol. The molecule has 1 fully saturated rings. The van der Waals surface area contributed by atoms with Crippen molar-refractivity contribution in [3.05, 3.63) is 39.1 Å². The fourth-order valence-corrected chi connectivity index (χ4v) is 4.35. The SMILES string of the molecule is O=S(=O)(NCC1CC1)c1ccc(NCc2cc(Br)cs2)nc1. The summed E-state index contributed by atoms with van der Waals surface area (Å²) in [4.78, 5) is 5.56. The van der Waals surface area contributed by atoms with Crippen molar-refractivity contribution in [2.45, 2.75) is 24.3 Å². The fraction of sp³-hybridized carbons (Fsp3) is 0.357. The third kappa shape index (κ3) is 4.28. The smallest absolute Gasteiger partial charge is 0.242 e. The summed E-state index contributed by atoms with van der Waals surface area (Å²) in [6, 6.07) is 5.31. The topological polar surface area (TPSA) is 71.1 Å². The van der Waals surface area contributed by atoms with Crippen molar-refractivity contribution < 1.29 is 8.42 Å². The Labute approximate surface area is 142 Å². The predicted octanol–water partition coefficient (Wildman–Crippen LogP) is 3.21. The van der Waals surface area contributed by atoms with Crippen molar-refractivity contribution >= 4 is 43.1 Å². The van der Waals surface area contributed by atoms with Gasteiger partial charge >= 0.3 is 0 Å². The maximum atomic E-state index is 12.1. The molecule has 0 unspecified atom stereocenters. The minimum absolute atomic E-state index is 0.206. The minimum Gasteiger partial charge on any atom is -0.365 e. The van der Waals surface area contributed by atoms with Crippen LogP contribution in [0.3, 0.4) is 0 Å². The van der Waals surface area contributed by atoms with Crippen LogP contribution in [0.2, 0.25) is 0 Å². The van der Waals surface area contributed by atoms with Gasteiger partial charge in [0.15, 0.2) is 0 Å². The molecule has 0 bridgehead atoms. The molecule has 1 aliphatic carbocycles. The number of anilines is 1. The van der Waals surface area contributed by atoms with E-state index in [0.29, 0.717) is 24.8 Å². The molecule has 0 radical (unpaired) electrons. The maximum Gasteiger partial charge on any atom is 0.242 e. The number of aromatic nitrogens is 1. The molecule has 0 amide bonds. The minimum atomic E-state index is -3.44. The summed E-state index contributed by atoms with van der Waals surface area (Å²) in [6.45, 7) is 1.19. The normalized spacial score (nSPS) is 15.0. The molecular formula is C14H16BrN3O2S2. The highest BCUT2D eigenvalue weighted by atomic mass is 79.9. The van der Waals surface area contributed by atoms with E-state index in [9.17, 15) is 8.42 Å². The highest BCUT2D eigenvalue weighted by molar-refractivity contribution is 9.10. The average Bonchev–Trinajstić information content (AvgIpc) is 3.25. The Balaban J connectivity index is 1.59. The first-order chi connectivity index (χ1) is 10.5. The van der Waals surface area contributed by atoms with Crippen LogP contribution in [-0.2, 0) is 16.6 Å². The van der Waals surface area contributed by atoms with E-state index in [4.69, 9.17) is 0 Å². The van der Waals surface area contributed by atoms with Crippen molar-refractivity contribution in [3.8, 4) is 0 Å². The number of hydrogen-bond acceptors (Lipinski definition) is 5. The molecule has 0 aliphatic heterocycles. The van der Waals surface area contributed by atoms with Crippen LogP contribution >= 0.6 is 27.3 Å². The van der Waals surface area contributed by atoms with Gasteiger partial charge < -0.3 is 5.32 Å². The van der Waals surface area contributed by atoms with Crippen LogP contribution in [0.4, 0.5) is 5.82 Å². The van der Waals surface area contributed by atoms with Crippen molar-refractivity contribution in [2.24, 2.45) is 5.92 Å². The molecule has 2 aromatic rings. The van der Waals surface area contributed by atoms with Gasteiger partial charge in [-0.05, 0) is 52.9 Å². The first-order valence-electron chi connectivity index (χ1n) is 6.95. The van der Waals surface area contributed by atoms with Crippen LogP contribution in [0, 0.1) is 5.92 Å². The van der Waals surface area contributed by atoms with Gasteiger partial charge in [-0.25, -0.2) is 18.1 Å². The van der Waals surface area contributed by atoms with Crippen molar-refractivity contribution in [2.75, 3.05) is 11.9 Å². The summed E-state index contributed by atoms with van der Waals surface area (Å²) in [5, 5.41) is 5.20. The number of nitrogens with zero attached hydrogens (tertiary/aromatic N) is 1. The van der Waals surface area contributed by atoms with Crippen LogP contribution in [0.25, 0.3) is 0 Å². The molecule has 118 valence electrons. The summed E-state index contributed by atoms with van der Waals surface area (Å²) in [7, 11) is -3.44.